The van der Waals surface area contributed by atoms with E-state index in [-0.39, 0.29) is 17.9 Å². The molecule has 84 valence electrons. The summed E-state index contributed by atoms with van der Waals surface area (Å²) < 4.78 is 0. The molecule has 1 aromatic heterocycles. The van der Waals surface area contributed by atoms with Crippen molar-refractivity contribution < 1.29 is 4.79 Å². The van der Waals surface area contributed by atoms with Gasteiger partial charge in [-0.05, 0) is 23.8 Å². The fraction of sp³-hybridized carbons (Fsp3) is 0.545. The Hall–Kier alpha value is -0.870. The van der Waals surface area contributed by atoms with Crippen molar-refractivity contribution in [1.29, 1.82) is 0 Å². The zero-order chi connectivity index (χ0) is 11.3. The van der Waals surface area contributed by atoms with E-state index in [9.17, 15) is 4.79 Å². The van der Waals surface area contributed by atoms with Crippen molar-refractivity contribution in [2.24, 2.45) is 11.7 Å². The maximum Gasteiger partial charge on any atom is 0.234 e. The van der Waals surface area contributed by atoms with Crippen LogP contribution in [0.1, 0.15) is 18.7 Å². The standard InChI is InChI=1S/C11H18N2OS/c1-8(2)10(11(12)14)13-6-5-9-4-3-7-15-9/h3-4,7-8,10,13H,5-6H2,1-2H3,(H2,12,14). The first kappa shape index (κ1) is 12.2. The maximum absolute atomic E-state index is 11.1. The van der Waals surface area contributed by atoms with Crippen LogP contribution >= 0.6 is 11.3 Å². The summed E-state index contributed by atoms with van der Waals surface area (Å²) in [6.45, 7) is 4.79. The molecule has 1 atom stereocenters. The smallest absolute Gasteiger partial charge is 0.234 e. The summed E-state index contributed by atoms with van der Waals surface area (Å²) >= 11 is 1.74. The van der Waals surface area contributed by atoms with Crippen molar-refractivity contribution in [2.45, 2.75) is 26.3 Å². The van der Waals surface area contributed by atoms with E-state index in [1.165, 1.54) is 4.88 Å². The second-order valence-corrected chi connectivity index (χ2v) is 4.94. The molecule has 0 aliphatic heterocycles. The van der Waals surface area contributed by atoms with Crippen LogP contribution in [-0.2, 0) is 11.2 Å². The lowest BCUT2D eigenvalue weighted by atomic mass is 10.0. The maximum atomic E-state index is 11.1. The van der Waals surface area contributed by atoms with Gasteiger partial charge in [0.25, 0.3) is 0 Å². The number of hydrogen-bond donors (Lipinski definition) is 2. The second kappa shape index (κ2) is 5.88. The van der Waals surface area contributed by atoms with E-state index >= 15 is 0 Å². The van der Waals surface area contributed by atoms with Crippen LogP contribution in [0.5, 0.6) is 0 Å². The molecule has 4 heteroatoms. The molecule has 1 unspecified atom stereocenters. The van der Waals surface area contributed by atoms with Crippen molar-refractivity contribution in [3.05, 3.63) is 22.4 Å². The third-order valence-electron chi connectivity index (χ3n) is 2.29. The zero-order valence-corrected chi connectivity index (χ0v) is 10.0. The third kappa shape index (κ3) is 4.01. The van der Waals surface area contributed by atoms with Crippen molar-refractivity contribution in [1.82, 2.24) is 5.32 Å². The van der Waals surface area contributed by atoms with Crippen molar-refractivity contribution in [2.75, 3.05) is 6.54 Å². The van der Waals surface area contributed by atoms with Gasteiger partial charge in [-0.1, -0.05) is 19.9 Å². The summed E-state index contributed by atoms with van der Waals surface area (Å²) in [5.41, 5.74) is 5.30. The molecule has 0 radical (unpaired) electrons. The summed E-state index contributed by atoms with van der Waals surface area (Å²) in [4.78, 5) is 12.4. The normalized spacial score (nSPS) is 13.0. The van der Waals surface area contributed by atoms with Crippen molar-refractivity contribution in [3.8, 4) is 0 Å². The highest BCUT2D eigenvalue weighted by atomic mass is 32.1. The molecular formula is C11H18N2OS. The van der Waals surface area contributed by atoms with Gasteiger partial charge in [-0.15, -0.1) is 11.3 Å². The Labute approximate surface area is 94.7 Å². The van der Waals surface area contributed by atoms with Crippen molar-refractivity contribution in [3.63, 3.8) is 0 Å². The van der Waals surface area contributed by atoms with Crippen LogP contribution in [-0.4, -0.2) is 18.5 Å². The first-order chi connectivity index (χ1) is 7.11. The fourth-order valence-corrected chi connectivity index (χ4v) is 2.18. The molecule has 0 spiro atoms. The molecule has 0 saturated carbocycles. The molecule has 0 aliphatic carbocycles. The zero-order valence-electron chi connectivity index (χ0n) is 9.19. The SMILES string of the molecule is CC(C)C(NCCc1cccs1)C(N)=O. The summed E-state index contributed by atoms with van der Waals surface area (Å²) in [6.07, 6.45) is 0.953. The van der Waals surface area contributed by atoms with Gasteiger partial charge in [0.15, 0.2) is 0 Å². The third-order valence-corrected chi connectivity index (χ3v) is 3.23. The highest BCUT2D eigenvalue weighted by molar-refractivity contribution is 7.09. The number of rotatable bonds is 6. The molecule has 3 N–H and O–H groups in total. The average Bonchev–Trinajstić information content (AvgIpc) is 2.63. The molecule has 0 aliphatic rings. The molecule has 1 rings (SSSR count). The Kier molecular flexibility index (Phi) is 4.78. The monoisotopic (exact) mass is 226 g/mol. The lowest BCUT2D eigenvalue weighted by molar-refractivity contribution is -0.120. The fourth-order valence-electron chi connectivity index (χ4n) is 1.47. The molecule has 0 saturated heterocycles. The van der Waals surface area contributed by atoms with E-state index in [0.29, 0.717) is 0 Å². The number of primary amides is 1. The number of nitrogens with two attached hydrogens (primary N) is 1. The molecule has 0 aromatic carbocycles. The molecular weight excluding hydrogens is 208 g/mol. The van der Waals surface area contributed by atoms with E-state index in [1.807, 2.05) is 19.9 Å². The van der Waals surface area contributed by atoms with Crippen LogP contribution in [0, 0.1) is 5.92 Å². The van der Waals surface area contributed by atoms with Crippen LogP contribution in [0.15, 0.2) is 17.5 Å². The molecule has 0 fully saturated rings. The predicted octanol–water partition coefficient (Wildman–Crippen LogP) is 1.39. The lowest BCUT2D eigenvalue weighted by Gasteiger charge is -2.18. The molecule has 1 aromatic rings. The van der Waals surface area contributed by atoms with E-state index in [4.69, 9.17) is 5.73 Å². The van der Waals surface area contributed by atoms with Gasteiger partial charge in [0.05, 0.1) is 6.04 Å². The number of hydrogen-bond acceptors (Lipinski definition) is 3. The number of thiophene rings is 1. The van der Waals surface area contributed by atoms with Gasteiger partial charge in [0, 0.05) is 11.4 Å². The van der Waals surface area contributed by atoms with Gasteiger partial charge in [-0.3, -0.25) is 4.79 Å². The van der Waals surface area contributed by atoms with Gasteiger partial charge in [0.2, 0.25) is 5.91 Å². The van der Waals surface area contributed by atoms with E-state index in [0.717, 1.165) is 13.0 Å². The summed E-state index contributed by atoms with van der Waals surface area (Å²) in [5.74, 6) is -0.0259. The van der Waals surface area contributed by atoms with Crippen molar-refractivity contribution >= 4 is 17.2 Å². The van der Waals surface area contributed by atoms with Gasteiger partial charge in [-0.2, -0.15) is 0 Å². The summed E-state index contributed by atoms with van der Waals surface area (Å²) in [5, 5.41) is 5.25. The first-order valence-corrected chi connectivity index (χ1v) is 6.04. The minimum absolute atomic E-state index is 0.218. The summed E-state index contributed by atoms with van der Waals surface area (Å²) in [7, 11) is 0. The topological polar surface area (TPSA) is 55.1 Å². The Morgan fingerprint density at radius 2 is 2.33 bits per heavy atom. The lowest BCUT2D eigenvalue weighted by Crippen LogP contribution is -2.45. The van der Waals surface area contributed by atoms with Crippen LogP contribution in [0.2, 0.25) is 0 Å². The quantitative estimate of drug-likeness (QED) is 0.770. The number of carbonyl (C=O) groups is 1. The van der Waals surface area contributed by atoms with E-state index in [2.05, 4.69) is 16.8 Å². The number of amides is 1. The van der Waals surface area contributed by atoms with E-state index in [1.54, 1.807) is 11.3 Å². The largest absolute Gasteiger partial charge is 0.368 e. The first-order valence-electron chi connectivity index (χ1n) is 5.16. The molecule has 1 heterocycles. The number of carbonyl (C=O) groups excluding carboxylic acids is 1. The highest BCUT2D eigenvalue weighted by Gasteiger charge is 2.17. The van der Waals surface area contributed by atoms with E-state index < -0.39 is 0 Å². The van der Waals surface area contributed by atoms with Crippen LogP contribution < -0.4 is 11.1 Å². The summed E-state index contributed by atoms with van der Waals surface area (Å²) in [6, 6.07) is 3.92. The Morgan fingerprint density at radius 1 is 1.60 bits per heavy atom. The predicted molar refractivity (Wildman–Crippen MR) is 63.8 cm³/mol. The van der Waals surface area contributed by atoms with Crippen LogP contribution in [0.3, 0.4) is 0 Å². The number of nitrogens with one attached hydrogen (secondary N) is 1. The minimum atomic E-state index is -0.267. The van der Waals surface area contributed by atoms with Gasteiger partial charge in [0.1, 0.15) is 0 Å². The van der Waals surface area contributed by atoms with Gasteiger partial charge in [-0.25, -0.2) is 0 Å². The van der Waals surface area contributed by atoms with Gasteiger partial charge >= 0.3 is 0 Å². The Bertz CT molecular complexity index is 296. The Balaban J connectivity index is 2.31. The van der Waals surface area contributed by atoms with Crippen LogP contribution in [0.25, 0.3) is 0 Å². The van der Waals surface area contributed by atoms with Crippen LogP contribution in [0.4, 0.5) is 0 Å². The van der Waals surface area contributed by atoms with Gasteiger partial charge < -0.3 is 11.1 Å². The minimum Gasteiger partial charge on any atom is -0.368 e. The molecule has 0 bridgehead atoms. The highest BCUT2D eigenvalue weighted by Crippen LogP contribution is 2.08. The molecule has 3 nitrogen and oxygen atoms in total. The molecule has 1 amide bonds. The molecule has 15 heavy (non-hydrogen) atoms. The Morgan fingerprint density at radius 3 is 2.80 bits per heavy atom. The average molecular weight is 226 g/mol. The second-order valence-electron chi connectivity index (χ2n) is 3.91.